The summed E-state index contributed by atoms with van der Waals surface area (Å²) in [6, 6.07) is 8.02. The lowest BCUT2D eigenvalue weighted by Gasteiger charge is -1.95. The van der Waals surface area contributed by atoms with Crippen LogP contribution in [0.2, 0.25) is 0 Å². The van der Waals surface area contributed by atoms with E-state index in [1.807, 2.05) is 31.2 Å². The SMILES string of the molecule is Cc1ccc(-c2nnn(CCCl)n2)cc1. The minimum absolute atomic E-state index is 0.490. The molecular weight excluding hydrogens is 212 g/mol. The van der Waals surface area contributed by atoms with Gasteiger partial charge in [-0.3, -0.25) is 0 Å². The third kappa shape index (κ3) is 2.33. The molecule has 2 aromatic rings. The summed E-state index contributed by atoms with van der Waals surface area (Å²) >= 11 is 5.58. The molecule has 1 aromatic carbocycles. The van der Waals surface area contributed by atoms with Crippen LogP contribution in [0.5, 0.6) is 0 Å². The Balaban J connectivity index is 2.25. The molecule has 0 unspecified atom stereocenters. The third-order valence-corrected chi connectivity index (χ3v) is 2.22. The van der Waals surface area contributed by atoms with Gasteiger partial charge in [0.05, 0.1) is 6.54 Å². The smallest absolute Gasteiger partial charge is 0.163 e. The zero-order chi connectivity index (χ0) is 10.7. The summed E-state index contributed by atoms with van der Waals surface area (Å²) in [7, 11) is 0. The van der Waals surface area contributed by atoms with Gasteiger partial charge in [-0.05, 0) is 12.1 Å². The molecule has 0 aliphatic rings. The van der Waals surface area contributed by atoms with E-state index >= 15 is 0 Å². The van der Waals surface area contributed by atoms with Crippen LogP contribution in [-0.4, -0.2) is 26.1 Å². The van der Waals surface area contributed by atoms with Crippen LogP contribution in [0.4, 0.5) is 0 Å². The largest absolute Gasteiger partial charge is 0.204 e. The highest BCUT2D eigenvalue weighted by atomic mass is 35.5. The standard InChI is InChI=1S/C10H11ClN4/c1-8-2-4-9(5-3-8)10-12-14-15(13-10)7-6-11/h2-5H,6-7H2,1H3. The van der Waals surface area contributed by atoms with Crippen LogP contribution in [-0.2, 0) is 6.54 Å². The lowest BCUT2D eigenvalue weighted by molar-refractivity contribution is 0.556. The number of alkyl halides is 1. The number of rotatable bonds is 3. The van der Waals surface area contributed by atoms with Crippen LogP contribution in [0.25, 0.3) is 11.4 Å². The molecule has 1 heterocycles. The summed E-state index contributed by atoms with van der Waals surface area (Å²) in [6.45, 7) is 2.63. The minimum atomic E-state index is 0.490. The molecule has 1 aromatic heterocycles. The summed E-state index contributed by atoms with van der Waals surface area (Å²) < 4.78 is 0. The predicted molar refractivity (Wildman–Crippen MR) is 58.7 cm³/mol. The van der Waals surface area contributed by atoms with E-state index in [1.165, 1.54) is 10.4 Å². The minimum Gasteiger partial charge on any atom is -0.163 e. The lowest BCUT2D eigenvalue weighted by Crippen LogP contribution is -2.03. The van der Waals surface area contributed by atoms with Gasteiger partial charge in [0, 0.05) is 11.4 Å². The second-order valence-electron chi connectivity index (χ2n) is 3.26. The van der Waals surface area contributed by atoms with Crippen LogP contribution in [0.15, 0.2) is 24.3 Å². The van der Waals surface area contributed by atoms with Crippen molar-refractivity contribution < 1.29 is 0 Å². The highest BCUT2D eigenvalue weighted by molar-refractivity contribution is 6.17. The number of halogens is 1. The van der Waals surface area contributed by atoms with Crippen LogP contribution in [0.3, 0.4) is 0 Å². The van der Waals surface area contributed by atoms with E-state index in [4.69, 9.17) is 11.6 Å². The van der Waals surface area contributed by atoms with Crippen LogP contribution in [0, 0.1) is 6.92 Å². The Hall–Kier alpha value is -1.42. The van der Waals surface area contributed by atoms with Gasteiger partial charge >= 0.3 is 0 Å². The quantitative estimate of drug-likeness (QED) is 0.745. The molecule has 0 spiro atoms. The van der Waals surface area contributed by atoms with Crippen molar-refractivity contribution in [2.75, 3.05) is 5.88 Å². The number of hydrogen-bond donors (Lipinski definition) is 0. The number of tetrazole rings is 1. The molecule has 0 saturated heterocycles. The molecule has 0 radical (unpaired) electrons. The second-order valence-corrected chi connectivity index (χ2v) is 3.64. The van der Waals surface area contributed by atoms with Gasteiger partial charge in [-0.25, -0.2) is 0 Å². The van der Waals surface area contributed by atoms with Crippen molar-refractivity contribution in [3.8, 4) is 11.4 Å². The average Bonchev–Trinajstić information content (AvgIpc) is 2.68. The Bertz CT molecular complexity index is 435. The van der Waals surface area contributed by atoms with Gasteiger partial charge in [0.1, 0.15) is 0 Å². The first kappa shape index (κ1) is 10.1. The molecule has 78 valence electrons. The Morgan fingerprint density at radius 1 is 1.27 bits per heavy atom. The van der Waals surface area contributed by atoms with Crippen molar-refractivity contribution in [3.05, 3.63) is 29.8 Å². The Kier molecular flexibility index (Phi) is 2.97. The maximum atomic E-state index is 5.58. The first-order chi connectivity index (χ1) is 7.29. The first-order valence-corrected chi connectivity index (χ1v) is 5.24. The maximum Gasteiger partial charge on any atom is 0.204 e. The van der Waals surface area contributed by atoms with Gasteiger partial charge in [0.2, 0.25) is 5.82 Å². The van der Waals surface area contributed by atoms with Gasteiger partial charge in [0.15, 0.2) is 0 Å². The Labute approximate surface area is 92.9 Å². The Morgan fingerprint density at radius 3 is 2.67 bits per heavy atom. The number of nitrogens with zero attached hydrogens (tertiary/aromatic N) is 4. The molecule has 0 aliphatic heterocycles. The van der Waals surface area contributed by atoms with E-state index in [2.05, 4.69) is 15.4 Å². The fraction of sp³-hybridized carbons (Fsp3) is 0.300. The van der Waals surface area contributed by atoms with Gasteiger partial charge in [0.25, 0.3) is 0 Å². The average molecular weight is 223 g/mol. The highest BCUT2D eigenvalue weighted by Gasteiger charge is 2.04. The van der Waals surface area contributed by atoms with E-state index < -0.39 is 0 Å². The molecule has 15 heavy (non-hydrogen) atoms. The molecule has 0 atom stereocenters. The number of hydrogen-bond acceptors (Lipinski definition) is 3. The highest BCUT2D eigenvalue weighted by Crippen LogP contribution is 2.13. The van der Waals surface area contributed by atoms with Crippen LogP contribution >= 0.6 is 11.6 Å². The van der Waals surface area contributed by atoms with Gasteiger partial charge in [-0.2, -0.15) is 4.80 Å². The predicted octanol–water partition coefficient (Wildman–Crippen LogP) is 1.89. The Morgan fingerprint density at radius 2 is 2.00 bits per heavy atom. The van der Waals surface area contributed by atoms with Crippen molar-refractivity contribution in [3.63, 3.8) is 0 Å². The van der Waals surface area contributed by atoms with Gasteiger partial charge in [-0.1, -0.05) is 29.8 Å². The van der Waals surface area contributed by atoms with Crippen molar-refractivity contribution >= 4 is 11.6 Å². The monoisotopic (exact) mass is 222 g/mol. The summed E-state index contributed by atoms with van der Waals surface area (Å²) in [6.07, 6.45) is 0. The van der Waals surface area contributed by atoms with E-state index in [-0.39, 0.29) is 0 Å². The molecule has 0 aliphatic carbocycles. The van der Waals surface area contributed by atoms with E-state index in [0.717, 1.165) is 5.56 Å². The topological polar surface area (TPSA) is 43.6 Å². The van der Waals surface area contributed by atoms with Crippen molar-refractivity contribution in [1.82, 2.24) is 20.2 Å². The van der Waals surface area contributed by atoms with Gasteiger partial charge < -0.3 is 0 Å². The number of aromatic nitrogens is 4. The zero-order valence-corrected chi connectivity index (χ0v) is 9.15. The second kappa shape index (κ2) is 4.40. The van der Waals surface area contributed by atoms with Crippen molar-refractivity contribution in [2.45, 2.75) is 13.5 Å². The van der Waals surface area contributed by atoms with E-state index in [1.54, 1.807) is 0 Å². The molecule has 0 fully saturated rings. The summed E-state index contributed by atoms with van der Waals surface area (Å²) in [5.41, 5.74) is 2.19. The maximum absolute atomic E-state index is 5.58. The zero-order valence-electron chi connectivity index (χ0n) is 8.39. The van der Waals surface area contributed by atoms with Crippen LogP contribution in [0.1, 0.15) is 5.56 Å². The van der Waals surface area contributed by atoms with Crippen molar-refractivity contribution in [2.24, 2.45) is 0 Å². The molecule has 0 amide bonds. The molecule has 0 saturated carbocycles. The summed E-state index contributed by atoms with van der Waals surface area (Å²) in [5.74, 6) is 1.13. The normalized spacial score (nSPS) is 10.5. The molecule has 0 bridgehead atoms. The number of aryl methyl sites for hydroxylation is 2. The molecule has 2 rings (SSSR count). The summed E-state index contributed by atoms with van der Waals surface area (Å²) in [4.78, 5) is 1.50. The molecule has 0 N–H and O–H groups in total. The number of benzene rings is 1. The summed E-state index contributed by atoms with van der Waals surface area (Å²) in [5, 5.41) is 12.1. The van der Waals surface area contributed by atoms with Crippen LogP contribution < -0.4 is 0 Å². The van der Waals surface area contributed by atoms with E-state index in [0.29, 0.717) is 18.2 Å². The van der Waals surface area contributed by atoms with Gasteiger partial charge in [-0.15, -0.1) is 21.8 Å². The first-order valence-electron chi connectivity index (χ1n) is 4.70. The van der Waals surface area contributed by atoms with Crippen molar-refractivity contribution in [1.29, 1.82) is 0 Å². The van der Waals surface area contributed by atoms with E-state index in [9.17, 15) is 0 Å². The molecule has 4 nitrogen and oxygen atoms in total. The molecule has 5 heteroatoms. The fourth-order valence-electron chi connectivity index (χ4n) is 1.23. The lowest BCUT2D eigenvalue weighted by atomic mass is 10.1. The third-order valence-electron chi connectivity index (χ3n) is 2.05. The fourth-order valence-corrected chi connectivity index (χ4v) is 1.38. The molecular formula is C10H11ClN4.